The van der Waals surface area contributed by atoms with E-state index in [9.17, 15) is 14.4 Å². The molecule has 42 heavy (non-hydrogen) atoms. The third-order valence-corrected chi connectivity index (χ3v) is 7.12. The minimum Gasteiger partial charge on any atom is -0.339 e. The first-order chi connectivity index (χ1) is 20.5. The molecule has 5 rings (SSSR count). The van der Waals surface area contributed by atoms with E-state index in [1.165, 1.54) is 5.01 Å². The Morgan fingerprint density at radius 3 is 2.43 bits per heavy atom. The minimum absolute atomic E-state index is 0.106. The highest BCUT2D eigenvalue weighted by Gasteiger charge is 2.33. The molecule has 1 aromatic heterocycles. The fourth-order valence-corrected chi connectivity index (χ4v) is 4.98. The molecule has 0 bridgehead atoms. The maximum absolute atomic E-state index is 14.0. The summed E-state index contributed by atoms with van der Waals surface area (Å²) in [6, 6.07) is 29.3. The Hall–Kier alpha value is -5.02. The smallest absolute Gasteiger partial charge is 0.332 e. The number of nitrogens with one attached hydrogen (secondary N) is 2. The van der Waals surface area contributed by atoms with E-state index < -0.39 is 6.04 Å². The van der Waals surface area contributed by atoms with E-state index in [-0.39, 0.29) is 50.6 Å². The second kappa shape index (κ2) is 13.6. The van der Waals surface area contributed by atoms with Crippen molar-refractivity contribution in [2.75, 3.05) is 26.2 Å². The first-order valence-electron chi connectivity index (χ1n) is 13.9. The van der Waals surface area contributed by atoms with Gasteiger partial charge in [-0.15, -0.1) is 6.58 Å². The van der Waals surface area contributed by atoms with Crippen molar-refractivity contribution >= 4 is 28.7 Å². The molecule has 9 nitrogen and oxygen atoms in total. The fourth-order valence-electron chi connectivity index (χ4n) is 4.98. The number of aromatic nitrogens is 1. The van der Waals surface area contributed by atoms with E-state index in [1.54, 1.807) is 16.0 Å². The first-order valence-corrected chi connectivity index (χ1v) is 13.9. The largest absolute Gasteiger partial charge is 0.339 e. The average Bonchev–Trinajstić information content (AvgIpc) is 3.08. The monoisotopic (exact) mass is 562 g/mol. The van der Waals surface area contributed by atoms with Crippen LogP contribution in [0.25, 0.3) is 10.9 Å². The van der Waals surface area contributed by atoms with E-state index in [4.69, 9.17) is 4.98 Å². The van der Waals surface area contributed by atoms with Crippen molar-refractivity contribution in [2.45, 2.75) is 19.1 Å². The normalized spacial score (nSPS) is 16.2. The van der Waals surface area contributed by atoms with Gasteiger partial charge in [-0.2, -0.15) is 0 Å². The van der Waals surface area contributed by atoms with Gasteiger partial charge in [0.05, 0.1) is 30.8 Å². The Kier molecular flexibility index (Phi) is 9.20. The van der Waals surface area contributed by atoms with Crippen LogP contribution < -0.4 is 10.6 Å². The SMILES string of the molecule is C=CCN(C(=O)NCc1ccccc1)N1CCN(Cc2ccc3ccccc3n2)C(=O)[C@H](c2ccccc2)NC(=O)C1. The topological polar surface area (TPSA) is 97.9 Å². The summed E-state index contributed by atoms with van der Waals surface area (Å²) in [5, 5.41) is 10.00. The van der Waals surface area contributed by atoms with Crippen LogP contribution in [0, 0.1) is 0 Å². The maximum Gasteiger partial charge on any atom is 0.332 e. The van der Waals surface area contributed by atoms with Gasteiger partial charge in [0.25, 0.3) is 0 Å². The summed E-state index contributed by atoms with van der Waals surface area (Å²) in [7, 11) is 0. The number of hydrogen-bond acceptors (Lipinski definition) is 5. The van der Waals surface area contributed by atoms with Crippen molar-refractivity contribution in [2.24, 2.45) is 0 Å². The quantitative estimate of drug-likeness (QED) is 0.316. The number of carbonyl (C=O) groups excluding carboxylic acids is 3. The van der Waals surface area contributed by atoms with Crippen LogP contribution in [0.15, 0.2) is 110 Å². The van der Waals surface area contributed by atoms with Crippen LogP contribution >= 0.6 is 0 Å². The summed E-state index contributed by atoms with van der Waals surface area (Å²) in [6.45, 7) is 5.00. The van der Waals surface area contributed by atoms with E-state index in [0.29, 0.717) is 12.1 Å². The second-order valence-corrected chi connectivity index (χ2v) is 10.1. The van der Waals surface area contributed by atoms with Crippen molar-refractivity contribution in [1.29, 1.82) is 0 Å². The Morgan fingerprint density at radius 1 is 0.952 bits per heavy atom. The van der Waals surface area contributed by atoms with Gasteiger partial charge in [0.2, 0.25) is 11.8 Å². The van der Waals surface area contributed by atoms with E-state index in [2.05, 4.69) is 17.2 Å². The number of pyridine rings is 1. The zero-order valence-electron chi connectivity index (χ0n) is 23.4. The summed E-state index contributed by atoms with van der Waals surface area (Å²) in [5.41, 5.74) is 3.21. The lowest BCUT2D eigenvalue weighted by molar-refractivity contribution is -0.136. The van der Waals surface area contributed by atoms with Crippen molar-refractivity contribution in [1.82, 2.24) is 30.5 Å². The molecule has 1 aliphatic rings. The van der Waals surface area contributed by atoms with Gasteiger partial charge in [-0.25, -0.2) is 9.80 Å². The number of rotatable bonds is 8. The summed E-state index contributed by atoms with van der Waals surface area (Å²) < 4.78 is 0. The molecular weight excluding hydrogens is 528 g/mol. The highest BCUT2D eigenvalue weighted by molar-refractivity contribution is 5.90. The number of hydrazine groups is 1. The van der Waals surface area contributed by atoms with E-state index >= 15 is 0 Å². The fraction of sp³-hybridized carbons (Fsp3) is 0.212. The average molecular weight is 563 g/mol. The van der Waals surface area contributed by atoms with E-state index in [1.807, 2.05) is 97.1 Å². The van der Waals surface area contributed by atoms with Crippen molar-refractivity contribution in [3.63, 3.8) is 0 Å². The van der Waals surface area contributed by atoms with Crippen LogP contribution in [-0.4, -0.2) is 63.9 Å². The lowest BCUT2D eigenvalue weighted by Gasteiger charge is -2.34. The van der Waals surface area contributed by atoms with Gasteiger partial charge in [0.1, 0.15) is 6.04 Å². The molecule has 3 aromatic carbocycles. The lowest BCUT2D eigenvalue weighted by Crippen LogP contribution is -2.54. The molecule has 1 aliphatic heterocycles. The molecule has 2 heterocycles. The lowest BCUT2D eigenvalue weighted by atomic mass is 10.1. The number of urea groups is 1. The summed E-state index contributed by atoms with van der Waals surface area (Å²) in [6.07, 6.45) is 1.61. The number of hydrogen-bond donors (Lipinski definition) is 2. The number of fused-ring (bicyclic) bond motifs is 1. The molecule has 0 spiro atoms. The zero-order chi connectivity index (χ0) is 29.3. The molecule has 2 N–H and O–H groups in total. The Morgan fingerprint density at radius 2 is 1.67 bits per heavy atom. The van der Waals surface area contributed by atoms with E-state index in [0.717, 1.165) is 22.2 Å². The van der Waals surface area contributed by atoms with Gasteiger partial charge in [-0.05, 0) is 23.3 Å². The number of benzene rings is 3. The Bertz CT molecular complexity index is 1550. The number of amides is 4. The molecule has 4 amide bonds. The Balaban J connectivity index is 1.41. The molecule has 214 valence electrons. The predicted octanol–water partition coefficient (Wildman–Crippen LogP) is 4.05. The van der Waals surface area contributed by atoms with Crippen molar-refractivity contribution in [3.05, 3.63) is 127 Å². The molecule has 0 radical (unpaired) electrons. The molecule has 1 atom stereocenters. The number of para-hydroxylation sites is 1. The van der Waals surface area contributed by atoms with Gasteiger partial charge >= 0.3 is 6.03 Å². The Labute approximate surface area is 245 Å². The third kappa shape index (κ3) is 7.00. The van der Waals surface area contributed by atoms with Crippen LogP contribution in [-0.2, 0) is 22.7 Å². The number of carbonyl (C=O) groups is 3. The molecule has 1 saturated heterocycles. The van der Waals surface area contributed by atoms with Crippen molar-refractivity contribution in [3.8, 4) is 0 Å². The van der Waals surface area contributed by atoms with Crippen molar-refractivity contribution < 1.29 is 14.4 Å². The standard InChI is InChI=1S/C33H34N6O3/c1-2-19-39(33(42)34-22-25-11-5-3-6-12-25)38-21-20-37(23-28-18-17-26-13-9-10-16-29(26)35-28)32(41)31(36-30(40)24-38)27-14-7-4-8-15-27/h2-18,31H,1,19-24H2,(H,34,42)(H,36,40)/t31-/m0/s1. The molecule has 0 saturated carbocycles. The minimum atomic E-state index is -0.876. The first kappa shape index (κ1) is 28.5. The van der Waals surface area contributed by atoms with Crippen LogP contribution in [0.4, 0.5) is 4.79 Å². The highest BCUT2D eigenvalue weighted by Crippen LogP contribution is 2.20. The number of nitrogens with zero attached hydrogens (tertiary/aromatic N) is 4. The van der Waals surface area contributed by atoms with Crippen LogP contribution in [0.1, 0.15) is 22.9 Å². The molecular formula is C33H34N6O3. The second-order valence-electron chi connectivity index (χ2n) is 10.1. The highest BCUT2D eigenvalue weighted by atomic mass is 16.2. The summed E-state index contributed by atoms with van der Waals surface area (Å²) in [4.78, 5) is 47.2. The molecule has 9 heteroatoms. The van der Waals surface area contributed by atoms with Gasteiger partial charge in [-0.3, -0.25) is 19.6 Å². The third-order valence-electron chi connectivity index (χ3n) is 7.12. The van der Waals surface area contributed by atoms with Gasteiger partial charge in [0.15, 0.2) is 0 Å². The molecule has 0 unspecified atom stereocenters. The van der Waals surface area contributed by atoms with Gasteiger partial charge in [0, 0.05) is 25.0 Å². The summed E-state index contributed by atoms with van der Waals surface area (Å²) >= 11 is 0. The zero-order valence-corrected chi connectivity index (χ0v) is 23.4. The molecule has 4 aromatic rings. The summed E-state index contributed by atoms with van der Waals surface area (Å²) in [5.74, 6) is -0.608. The van der Waals surface area contributed by atoms with Crippen LogP contribution in [0.3, 0.4) is 0 Å². The predicted molar refractivity (Wildman–Crippen MR) is 162 cm³/mol. The van der Waals surface area contributed by atoms with Crippen LogP contribution in [0.5, 0.6) is 0 Å². The molecule has 1 fully saturated rings. The van der Waals surface area contributed by atoms with Gasteiger partial charge in [-0.1, -0.05) is 91.0 Å². The maximum atomic E-state index is 14.0. The van der Waals surface area contributed by atoms with Gasteiger partial charge < -0.3 is 15.5 Å². The van der Waals surface area contributed by atoms with Crippen LogP contribution in [0.2, 0.25) is 0 Å². The molecule has 0 aliphatic carbocycles.